The molecular weight excluding hydrogens is 288 g/mol. The highest BCUT2D eigenvalue weighted by atomic mass is 16.4. The van der Waals surface area contributed by atoms with E-state index in [0.717, 1.165) is 32.1 Å². The standard InChI is InChI=1S/C20H30O3/c1-2-19(21)17-15-13-11-9-7-5-3-4-6-8-10-12-14-16-18-20(22)23/h4-7,10-13,17,21H,2-3,8-9,14-16,18H2,1H3,(H,22,23)/b6-4+,7-5+,12-10+,13-11+,19-17-. The number of rotatable bonds is 13. The second kappa shape index (κ2) is 16.3. The van der Waals surface area contributed by atoms with Crippen molar-refractivity contribution in [3.05, 3.63) is 60.4 Å². The van der Waals surface area contributed by atoms with E-state index >= 15 is 0 Å². The van der Waals surface area contributed by atoms with Crippen LogP contribution < -0.4 is 0 Å². The third kappa shape index (κ3) is 17.9. The molecule has 0 saturated heterocycles. The summed E-state index contributed by atoms with van der Waals surface area (Å²) in [6.07, 6.45) is 24.6. The number of allylic oxidation sites excluding steroid dienone is 10. The molecule has 3 nitrogen and oxygen atoms in total. The number of hydrogen-bond donors (Lipinski definition) is 2. The van der Waals surface area contributed by atoms with E-state index in [2.05, 4.69) is 42.5 Å². The van der Waals surface area contributed by atoms with Gasteiger partial charge in [-0.25, -0.2) is 0 Å². The van der Waals surface area contributed by atoms with Gasteiger partial charge in [-0.2, -0.15) is 0 Å². The molecule has 0 aliphatic rings. The lowest BCUT2D eigenvalue weighted by Crippen LogP contribution is -1.92. The van der Waals surface area contributed by atoms with Crippen LogP contribution in [0.1, 0.15) is 58.3 Å². The molecule has 0 aromatic rings. The van der Waals surface area contributed by atoms with Gasteiger partial charge in [-0.1, -0.05) is 55.5 Å². The van der Waals surface area contributed by atoms with Crippen LogP contribution >= 0.6 is 0 Å². The van der Waals surface area contributed by atoms with Crippen LogP contribution in [0.3, 0.4) is 0 Å². The van der Waals surface area contributed by atoms with Crippen molar-refractivity contribution in [2.45, 2.75) is 58.3 Å². The van der Waals surface area contributed by atoms with Crippen molar-refractivity contribution in [2.75, 3.05) is 0 Å². The fourth-order valence-corrected chi connectivity index (χ4v) is 1.75. The minimum absolute atomic E-state index is 0.246. The molecule has 0 fully saturated rings. The average molecular weight is 318 g/mol. The van der Waals surface area contributed by atoms with Gasteiger partial charge in [0.2, 0.25) is 0 Å². The number of aliphatic carboxylic acids is 1. The molecule has 0 aliphatic heterocycles. The summed E-state index contributed by atoms with van der Waals surface area (Å²) in [4.78, 5) is 10.3. The Morgan fingerprint density at radius 1 is 0.783 bits per heavy atom. The second-order valence-electron chi connectivity index (χ2n) is 5.16. The molecule has 0 unspecified atom stereocenters. The molecule has 0 radical (unpaired) electrons. The molecule has 0 aromatic heterocycles. The molecule has 23 heavy (non-hydrogen) atoms. The van der Waals surface area contributed by atoms with Crippen molar-refractivity contribution >= 4 is 5.97 Å². The summed E-state index contributed by atoms with van der Waals surface area (Å²) in [6.45, 7) is 1.93. The molecule has 2 N–H and O–H groups in total. The molecule has 128 valence electrons. The largest absolute Gasteiger partial charge is 0.513 e. The summed E-state index contributed by atoms with van der Waals surface area (Å²) in [7, 11) is 0. The van der Waals surface area contributed by atoms with Crippen molar-refractivity contribution < 1.29 is 15.0 Å². The van der Waals surface area contributed by atoms with E-state index < -0.39 is 5.97 Å². The SMILES string of the molecule is CC/C(O)=C/C/C=C/C/C=C/C/C=C/C/C=C/CCCC(=O)O. The molecule has 0 bridgehead atoms. The molecular formula is C20H30O3. The molecule has 0 spiro atoms. The minimum atomic E-state index is -0.726. The van der Waals surface area contributed by atoms with Crippen LogP contribution in [0.5, 0.6) is 0 Å². The summed E-state index contributed by atoms with van der Waals surface area (Å²) >= 11 is 0. The first-order valence-electron chi connectivity index (χ1n) is 8.36. The van der Waals surface area contributed by atoms with E-state index in [1.807, 2.05) is 19.1 Å². The van der Waals surface area contributed by atoms with Crippen molar-refractivity contribution in [2.24, 2.45) is 0 Å². The Kier molecular flexibility index (Phi) is 14.9. The van der Waals surface area contributed by atoms with Crippen LogP contribution in [0.25, 0.3) is 0 Å². The highest BCUT2D eigenvalue weighted by Gasteiger charge is 1.92. The smallest absolute Gasteiger partial charge is 0.303 e. The summed E-state index contributed by atoms with van der Waals surface area (Å²) in [5.41, 5.74) is 0. The van der Waals surface area contributed by atoms with E-state index in [-0.39, 0.29) is 6.42 Å². The fourth-order valence-electron chi connectivity index (χ4n) is 1.75. The van der Waals surface area contributed by atoms with Crippen molar-refractivity contribution in [1.82, 2.24) is 0 Å². The Morgan fingerprint density at radius 3 is 1.74 bits per heavy atom. The van der Waals surface area contributed by atoms with E-state index in [9.17, 15) is 9.90 Å². The zero-order valence-electron chi connectivity index (χ0n) is 14.2. The van der Waals surface area contributed by atoms with Crippen LogP contribution in [-0.2, 0) is 4.79 Å². The molecule has 0 aromatic carbocycles. The van der Waals surface area contributed by atoms with Crippen LogP contribution in [0.2, 0.25) is 0 Å². The van der Waals surface area contributed by atoms with Gasteiger partial charge in [0.25, 0.3) is 0 Å². The van der Waals surface area contributed by atoms with Gasteiger partial charge in [0.05, 0.1) is 5.76 Å². The lowest BCUT2D eigenvalue weighted by molar-refractivity contribution is -0.137. The lowest BCUT2D eigenvalue weighted by atomic mass is 10.2. The Morgan fingerprint density at radius 2 is 1.26 bits per heavy atom. The molecule has 3 heteroatoms. The summed E-state index contributed by atoms with van der Waals surface area (Å²) in [5.74, 6) is -0.276. The van der Waals surface area contributed by atoms with Gasteiger partial charge in [-0.05, 0) is 44.6 Å². The predicted molar refractivity (Wildman–Crippen MR) is 97.5 cm³/mol. The van der Waals surface area contributed by atoms with E-state index in [1.165, 1.54) is 0 Å². The van der Waals surface area contributed by atoms with Crippen molar-refractivity contribution in [3.8, 4) is 0 Å². The average Bonchev–Trinajstić information content (AvgIpc) is 2.53. The van der Waals surface area contributed by atoms with E-state index in [0.29, 0.717) is 18.6 Å². The first-order chi connectivity index (χ1) is 11.2. The Bertz CT molecular complexity index is 440. The molecule has 0 rings (SSSR count). The summed E-state index contributed by atoms with van der Waals surface area (Å²) in [6, 6.07) is 0. The van der Waals surface area contributed by atoms with Gasteiger partial charge in [0.15, 0.2) is 0 Å². The van der Waals surface area contributed by atoms with Crippen LogP contribution in [0.4, 0.5) is 0 Å². The third-order valence-corrected chi connectivity index (χ3v) is 3.10. The molecule has 0 atom stereocenters. The Balaban J connectivity index is 3.53. The third-order valence-electron chi connectivity index (χ3n) is 3.10. The maximum Gasteiger partial charge on any atom is 0.303 e. The van der Waals surface area contributed by atoms with Gasteiger partial charge in [-0.15, -0.1) is 0 Å². The van der Waals surface area contributed by atoms with Crippen LogP contribution in [0.15, 0.2) is 60.4 Å². The summed E-state index contributed by atoms with van der Waals surface area (Å²) < 4.78 is 0. The maximum absolute atomic E-state index is 10.3. The van der Waals surface area contributed by atoms with Gasteiger partial charge < -0.3 is 10.2 Å². The second-order valence-corrected chi connectivity index (χ2v) is 5.16. The molecule has 0 aliphatic carbocycles. The number of carboxylic acid groups (broad SMARTS) is 1. The first kappa shape index (κ1) is 21.0. The van der Waals surface area contributed by atoms with Gasteiger partial charge >= 0.3 is 5.97 Å². The number of aliphatic hydroxyl groups is 1. The minimum Gasteiger partial charge on any atom is -0.513 e. The quantitative estimate of drug-likeness (QED) is 0.253. The zero-order valence-corrected chi connectivity index (χ0v) is 14.2. The van der Waals surface area contributed by atoms with Gasteiger partial charge in [0.1, 0.15) is 0 Å². The van der Waals surface area contributed by atoms with Crippen LogP contribution in [0, 0.1) is 0 Å². The fraction of sp³-hybridized carbons (Fsp3) is 0.450. The van der Waals surface area contributed by atoms with E-state index in [4.69, 9.17) is 5.11 Å². The topological polar surface area (TPSA) is 57.5 Å². The number of unbranched alkanes of at least 4 members (excludes halogenated alkanes) is 1. The van der Waals surface area contributed by atoms with E-state index in [1.54, 1.807) is 0 Å². The van der Waals surface area contributed by atoms with Crippen molar-refractivity contribution in [3.63, 3.8) is 0 Å². The number of aliphatic hydroxyl groups excluding tert-OH is 1. The maximum atomic E-state index is 10.3. The van der Waals surface area contributed by atoms with Gasteiger partial charge in [-0.3, -0.25) is 4.79 Å². The zero-order chi connectivity index (χ0) is 17.2. The normalized spacial score (nSPS) is 13.2. The number of carbonyl (C=O) groups is 1. The molecule has 0 saturated carbocycles. The number of hydrogen-bond acceptors (Lipinski definition) is 2. The highest BCUT2D eigenvalue weighted by Crippen LogP contribution is 2.00. The lowest BCUT2D eigenvalue weighted by Gasteiger charge is -1.90. The molecule has 0 heterocycles. The van der Waals surface area contributed by atoms with Crippen LogP contribution in [-0.4, -0.2) is 16.2 Å². The first-order valence-corrected chi connectivity index (χ1v) is 8.36. The number of carboxylic acids is 1. The Hall–Kier alpha value is -2.03. The Labute approximate surface area is 140 Å². The monoisotopic (exact) mass is 318 g/mol. The summed E-state index contributed by atoms with van der Waals surface area (Å²) in [5, 5.41) is 17.8. The van der Waals surface area contributed by atoms with Crippen molar-refractivity contribution in [1.29, 1.82) is 0 Å². The highest BCUT2D eigenvalue weighted by molar-refractivity contribution is 5.66. The van der Waals surface area contributed by atoms with Gasteiger partial charge in [0, 0.05) is 12.8 Å². The predicted octanol–water partition coefficient (Wildman–Crippen LogP) is 5.88. The molecule has 0 amide bonds.